The third kappa shape index (κ3) is 3.49. The number of carbonyl (C=O) groups excluding carboxylic acids is 1. The summed E-state index contributed by atoms with van der Waals surface area (Å²) in [6, 6.07) is 1.76. The van der Waals surface area contributed by atoms with Gasteiger partial charge in [-0.2, -0.15) is 0 Å². The van der Waals surface area contributed by atoms with Crippen molar-refractivity contribution in [2.75, 3.05) is 39.4 Å². The van der Waals surface area contributed by atoms with E-state index in [-0.39, 0.29) is 11.3 Å². The Bertz CT molecular complexity index is 730. The molecule has 25 heavy (non-hydrogen) atoms. The average Bonchev–Trinajstić information content (AvgIpc) is 3.30. The summed E-state index contributed by atoms with van der Waals surface area (Å²) in [5.41, 5.74) is 0.677. The highest BCUT2D eigenvalue weighted by Gasteiger charge is 2.42. The van der Waals surface area contributed by atoms with Crippen molar-refractivity contribution in [1.82, 2.24) is 14.8 Å². The molecule has 2 aliphatic rings. The van der Waals surface area contributed by atoms with Gasteiger partial charge in [0.15, 0.2) is 0 Å². The number of aryl methyl sites for hydroxylation is 1. The van der Waals surface area contributed by atoms with Crippen molar-refractivity contribution in [3.63, 3.8) is 0 Å². The number of nitrogens with zero attached hydrogens (tertiary/aromatic N) is 3. The molecule has 1 spiro atoms. The standard InChI is InChI=1S/C18H23N3O3S/c1-14-15(2-7-24-14)17(22)21-6-8-23-13-18(12-21)3-5-20(11-18)10-16-19-4-9-25-16/h2,4,7,9H,3,5-6,8,10-13H2,1H3/t18-/m0/s1. The summed E-state index contributed by atoms with van der Waals surface area (Å²) in [6.45, 7) is 7.38. The first-order chi connectivity index (χ1) is 12.2. The molecule has 0 aliphatic carbocycles. The molecule has 2 fully saturated rings. The molecule has 2 aromatic rings. The number of amides is 1. The highest BCUT2D eigenvalue weighted by molar-refractivity contribution is 7.09. The lowest BCUT2D eigenvalue weighted by Crippen LogP contribution is -2.43. The third-order valence-corrected chi connectivity index (χ3v) is 5.94. The maximum atomic E-state index is 12.9. The number of furan rings is 1. The summed E-state index contributed by atoms with van der Waals surface area (Å²) in [7, 11) is 0. The van der Waals surface area contributed by atoms with Crippen LogP contribution in [-0.4, -0.2) is 60.1 Å². The Morgan fingerprint density at radius 2 is 2.32 bits per heavy atom. The lowest BCUT2D eigenvalue weighted by molar-refractivity contribution is 0.0643. The van der Waals surface area contributed by atoms with Crippen molar-refractivity contribution in [2.24, 2.45) is 5.41 Å². The van der Waals surface area contributed by atoms with Crippen LogP contribution in [0.25, 0.3) is 0 Å². The second-order valence-corrected chi connectivity index (χ2v) is 8.04. The van der Waals surface area contributed by atoms with E-state index in [1.165, 1.54) is 0 Å². The van der Waals surface area contributed by atoms with E-state index in [2.05, 4.69) is 9.88 Å². The van der Waals surface area contributed by atoms with Crippen LogP contribution < -0.4 is 0 Å². The molecular formula is C18H23N3O3S. The Labute approximate surface area is 151 Å². The van der Waals surface area contributed by atoms with Crippen molar-refractivity contribution in [3.05, 3.63) is 40.2 Å². The highest BCUT2D eigenvalue weighted by atomic mass is 32.1. The van der Waals surface area contributed by atoms with Gasteiger partial charge < -0.3 is 14.1 Å². The zero-order valence-electron chi connectivity index (χ0n) is 14.4. The van der Waals surface area contributed by atoms with Gasteiger partial charge in [0, 0.05) is 36.6 Å². The van der Waals surface area contributed by atoms with Crippen LogP contribution in [0.5, 0.6) is 0 Å². The number of ether oxygens (including phenoxy) is 1. The Kier molecular flexibility index (Phi) is 4.62. The van der Waals surface area contributed by atoms with E-state index in [1.807, 2.05) is 23.4 Å². The van der Waals surface area contributed by atoms with E-state index in [9.17, 15) is 4.79 Å². The average molecular weight is 361 g/mol. The summed E-state index contributed by atoms with van der Waals surface area (Å²) in [5, 5.41) is 3.16. The summed E-state index contributed by atoms with van der Waals surface area (Å²) in [5.74, 6) is 0.732. The minimum Gasteiger partial charge on any atom is -0.469 e. The Hall–Kier alpha value is -1.70. The predicted octanol–water partition coefficient (Wildman–Crippen LogP) is 2.41. The lowest BCUT2D eigenvalue weighted by atomic mass is 9.87. The van der Waals surface area contributed by atoms with Crippen molar-refractivity contribution < 1.29 is 13.9 Å². The molecule has 2 saturated heterocycles. The molecule has 2 aromatic heterocycles. The van der Waals surface area contributed by atoms with Crippen molar-refractivity contribution >= 4 is 17.2 Å². The summed E-state index contributed by atoms with van der Waals surface area (Å²) in [4.78, 5) is 21.7. The van der Waals surface area contributed by atoms with Crippen LogP contribution in [0, 0.1) is 12.3 Å². The minimum absolute atomic E-state index is 0.0149. The summed E-state index contributed by atoms with van der Waals surface area (Å²) >= 11 is 1.70. The van der Waals surface area contributed by atoms with E-state index in [0.29, 0.717) is 24.5 Å². The van der Waals surface area contributed by atoms with Gasteiger partial charge >= 0.3 is 0 Å². The normalized spacial score (nSPS) is 24.8. The molecule has 0 bridgehead atoms. The molecule has 1 atom stereocenters. The Morgan fingerprint density at radius 3 is 3.08 bits per heavy atom. The molecule has 1 amide bonds. The maximum Gasteiger partial charge on any atom is 0.257 e. The van der Waals surface area contributed by atoms with Crippen molar-refractivity contribution in [2.45, 2.75) is 19.9 Å². The quantitative estimate of drug-likeness (QED) is 0.840. The fourth-order valence-corrected chi connectivity index (χ4v) is 4.53. The summed E-state index contributed by atoms with van der Waals surface area (Å²) < 4.78 is 11.2. The molecule has 0 aromatic carbocycles. The summed E-state index contributed by atoms with van der Waals surface area (Å²) in [6.07, 6.45) is 4.48. The van der Waals surface area contributed by atoms with E-state index >= 15 is 0 Å². The van der Waals surface area contributed by atoms with Crippen LogP contribution in [0.15, 0.2) is 28.3 Å². The van der Waals surface area contributed by atoms with Gasteiger partial charge in [-0.3, -0.25) is 9.69 Å². The van der Waals surface area contributed by atoms with Gasteiger partial charge in [0.2, 0.25) is 0 Å². The topological polar surface area (TPSA) is 58.8 Å². The van der Waals surface area contributed by atoms with Gasteiger partial charge in [-0.25, -0.2) is 4.98 Å². The zero-order chi connectivity index (χ0) is 17.3. The van der Waals surface area contributed by atoms with Gasteiger partial charge in [-0.05, 0) is 26.0 Å². The van der Waals surface area contributed by atoms with E-state index in [1.54, 1.807) is 23.7 Å². The van der Waals surface area contributed by atoms with Crippen LogP contribution in [-0.2, 0) is 11.3 Å². The molecule has 4 rings (SSSR count). The number of hydrogen-bond donors (Lipinski definition) is 0. The first-order valence-corrected chi connectivity index (χ1v) is 9.55. The van der Waals surface area contributed by atoms with Crippen LogP contribution in [0.3, 0.4) is 0 Å². The Morgan fingerprint density at radius 1 is 1.40 bits per heavy atom. The van der Waals surface area contributed by atoms with Gasteiger partial charge in [-0.15, -0.1) is 11.3 Å². The fraction of sp³-hybridized carbons (Fsp3) is 0.556. The number of aromatic nitrogens is 1. The molecule has 4 heterocycles. The number of likely N-dealkylation sites (tertiary alicyclic amines) is 1. The first kappa shape index (κ1) is 16.8. The molecular weight excluding hydrogens is 338 g/mol. The second kappa shape index (κ2) is 6.90. The van der Waals surface area contributed by atoms with Crippen LogP contribution >= 0.6 is 11.3 Å². The molecule has 0 radical (unpaired) electrons. The maximum absolute atomic E-state index is 12.9. The monoisotopic (exact) mass is 361 g/mol. The van der Waals surface area contributed by atoms with Crippen LogP contribution in [0.2, 0.25) is 0 Å². The largest absolute Gasteiger partial charge is 0.469 e. The van der Waals surface area contributed by atoms with Gasteiger partial charge in [0.05, 0.1) is 31.6 Å². The third-order valence-electron chi connectivity index (χ3n) is 5.18. The van der Waals surface area contributed by atoms with Gasteiger partial charge in [0.1, 0.15) is 10.8 Å². The number of rotatable bonds is 3. The second-order valence-electron chi connectivity index (χ2n) is 7.06. The Balaban J connectivity index is 1.46. The SMILES string of the molecule is Cc1occc1C(=O)N1CCOC[C@]2(CCN(Cc3nccs3)C2)C1. The highest BCUT2D eigenvalue weighted by Crippen LogP contribution is 2.35. The van der Waals surface area contributed by atoms with Crippen LogP contribution in [0.4, 0.5) is 0 Å². The predicted molar refractivity (Wildman–Crippen MR) is 94.6 cm³/mol. The number of carbonyl (C=O) groups is 1. The molecule has 6 nitrogen and oxygen atoms in total. The molecule has 0 N–H and O–H groups in total. The first-order valence-electron chi connectivity index (χ1n) is 8.67. The molecule has 0 unspecified atom stereocenters. The smallest absolute Gasteiger partial charge is 0.257 e. The van der Waals surface area contributed by atoms with E-state index in [0.717, 1.165) is 44.2 Å². The van der Waals surface area contributed by atoms with E-state index < -0.39 is 0 Å². The van der Waals surface area contributed by atoms with Gasteiger partial charge in [-0.1, -0.05) is 0 Å². The molecule has 2 aliphatic heterocycles. The van der Waals surface area contributed by atoms with Crippen molar-refractivity contribution in [1.29, 1.82) is 0 Å². The lowest BCUT2D eigenvalue weighted by Gasteiger charge is -2.31. The fourth-order valence-electron chi connectivity index (χ4n) is 3.88. The van der Waals surface area contributed by atoms with Gasteiger partial charge in [0.25, 0.3) is 5.91 Å². The number of hydrogen-bond acceptors (Lipinski definition) is 6. The van der Waals surface area contributed by atoms with Crippen molar-refractivity contribution in [3.8, 4) is 0 Å². The zero-order valence-corrected chi connectivity index (χ0v) is 15.3. The van der Waals surface area contributed by atoms with E-state index in [4.69, 9.17) is 9.15 Å². The minimum atomic E-state index is 0.0149. The molecule has 7 heteroatoms. The number of thiazole rings is 1. The molecule has 134 valence electrons. The molecule has 0 saturated carbocycles. The van der Waals surface area contributed by atoms with Crippen LogP contribution in [0.1, 0.15) is 27.5 Å².